The van der Waals surface area contributed by atoms with Gasteiger partial charge in [-0.2, -0.15) is 0 Å². The molecule has 3 aromatic rings. The molecule has 3 rings (SSSR count). The molecule has 0 fully saturated rings. The summed E-state index contributed by atoms with van der Waals surface area (Å²) in [5, 5.41) is 9.09. The van der Waals surface area contributed by atoms with Gasteiger partial charge in [-0.05, 0) is 49.6 Å². The number of carbonyl (C=O) groups is 1. The molecular weight excluding hydrogens is 460 g/mol. The normalized spacial score (nSPS) is 12.6. The number of para-hydroxylation sites is 1. The molecule has 1 amide bonds. The highest BCUT2D eigenvalue weighted by atomic mass is 32.2. The first kappa shape index (κ1) is 24.9. The third-order valence-corrected chi connectivity index (χ3v) is 7.07. The van der Waals surface area contributed by atoms with Crippen molar-refractivity contribution in [2.24, 2.45) is 5.14 Å². The Morgan fingerprint density at radius 3 is 2.55 bits per heavy atom. The molecule has 2 aromatic carbocycles. The second-order valence-corrected chi connectivity index (χ2v) is 10.4. The number of rotatable bonds is 10. The van der Waals surface area contributed by atoms with Crippen LogP contribution in [0.3, 0.4) is 0 Å². The molecule has 176 valence electrons. The van der Waals surface area contributed by atoms with Gasteiger partial charge in [-0.15, -0.1) is 0 Å². The maximum Gasteiger partial charge on any atom is 0.262 e. The van der Waals surface area contributed by atoms with Crippen LogP contribution in [-0.4, -0.2) is 35.7 Å². The van der Waals surface area contributed by atoms with E-state index in [4.69, 9.17) is 5.14 Å². The average molecular weight is 489 g/mol. The first-order valence-electron chi connectivity index (χ1n) is 10.7. The molecule has 0 radical (unpaired) electrons. The fraction of sp³-hybridized carbons (Fsp3) is 0.348. The molecule has 33 heavy (non-hydrogen) atoms. The lowest BCUT2D eigenvalue weighted by molar-refractivity contribution is -0.119. The van der Waals surface area contributed by atoms with Crippen LogP contribution in [0.15, 0.2) is 63.4 Å². The highest BCUT2D eigenvalue weighted by Gasteiger charge is 2.15. The van der Waals surface area contributed by atoms with Crippen LogP contribution in [0.1, 0.15) is 32.3 Å². The number of thioether (sulfide) groups is 1. The van der Waals surface area contributed by atoms with Gasteiger partial charge in [0.1, 0.15) is 0 Å². The zero-order valence-corrected chi connectivity index (χ0v) is 20.3. The zero-order valence-electron chi connectivity index (χ0n) is 18.7. The van der Waals surface area contributed by atoms with E-state index in [1.54, 1.807) is 34.9 Å². The van der Waals surface area contributed by atoms with Gasteiger partial charge in [0.15, 0.2) is 5.16 Å². The molecule has 1 atom stereocenters. The van der Waals surface area contributed by atoms with Crippen LogP contribution >= 0.6 is 11.8 Å². The molecule has 1 aromatic heterocycles. The van der Waals surface area contributed by atoms with Crippen LogP contribution in [0.2, 0.25) is 0 Å². The van der Waals surface area contributed by atoms with Crippen molar-refractivity contribution in [3.63, 3.8) is 0 Å². The van der Waals surface area contributed by atoms with Crippen molar-refractivity contribution in [3.05, 3.63) is 64.4 Å². The van der Waals surface area contributed by atoms with Crippen LogP contribution in [-0.2, 0) is 27.8 Å². The number of nitrogens with one attached hydrogen (secondary N) is 1. The van der Waals surface area contributed by atoms with Gasteiger partial charge in [0.2, 0.25) is 15.9 Å². The number of fused-ring (bicyclic) bond motifs is 1. The summed E-state index contributed by atoms with van der Waals surface area (Å²) in [7, 11) is -3.76. The number of aryl methyl sites for hydroxylation is 1. The van der Waals surface area contributed by atoms with E-state index in [1.807, 2.05) is 13.0 Å². The SMILES string of the molecule is CCCC(C)NC(=O)CSc1nc2ccccc2c(=O)n1CCc1ccc(S(N)(=O)=O)cc1. The van der Waals surface area contributed by atoms with E-state index in [2.05, 4.69) is 17.2 Å². The fourth-order valence-electron chi connectivity index (χ4n) is 3.49. The molecule has 0 saturated heterocycles. The zero-order chi connectivity index (χ0) is 24.0. The Labute approximate surface area is 197 Å². The molecule has 0 aliphatic rings. The van der Waals surface area contributed by atoms with Gasteiger partial charge in [0.05, 0.1) is 21.6 Å². The summed E-state index contributed by atoms with van der Waals surface area (Å²) < 4.78 is 24.5. The van der Waals surface area contributed by atoms with Crippen molar-refractivity contribution in [2.45, 2.75) is 55.7 Å². The Morgan fingerprint density at radius 1 is 1.18 bits per heavy atom. The Bertz CT molecular complexity index is 1290. The van der Waals surface area contributed by atoms with E-state index in [0.29, 0.717) is 29.0 Å². The number of aromatic nitrogens is 2. The first-order valence-corrected chi connectivity index (χ1v) is 13.3. The minimum absolute atomic E-state index is 0.0374. The van der Waals surface area contributed by atoms with E-state index in [9.17, 15) is 18.0 Å². The number of benzene rings is 2. The predicted octanol–water partition coefficient (Wildman–Crippen LogP) is 2.68. The van der Waals surface area contributed by atoms with E-state index in [0.717, 1.165) is 18.4 Å². The van der Waals surface area contributed by atoms with E-state index >= 15 is 0 Å². The maximum atomic E-state index is 13.2. The number of sulfonamides is 1. The largest absolute Gasteiger partial charge is 0.353 e. The molecule has 0 saturated carbocycles. The standard InChI is InChI=1S/C23H28N4O4S2/c1-3-6-16(2)25-21(28)15-32-23-26-20-8-5-4-7-19(20)22(29)27(23)14-13-17-9-11-18(12-10-17)33(24,30)31/h4-5,7-12,16H,3,6,13-15H2,1-2H3,(H,25,28)(H2,24,30,31). The number of nitrogens with zero attached hydrogens (tertiary/aromatic N) is 2. The third kappa shape index (κ3) is 6.66. The van der Waals surface area contributed by atoms with Crippen molar-refractivity contribution in [1.29, 1.82) is 0 Å². The molecular formula is C23H28N4O4S2. The smallest absolute Gasteiger partial charge is 0.262 e. The number of carbonyl (C=O) groups excluding carboxylic acids is 1. The first-order chi connectivity index (χ1) is 15.7. The minimum atomic E-state index is -3.76. The molecule has 1 heterocycles. The highest BCUT2D eigenvalue weighted by Crippen LogP contribution is 2.19. The Morgan fingerprint density at radius 2 is 1.88 bits per heavy atom. The Hall–Kier alpha value is -2.69. The van der Waals surface area contributed by atoms with Crippen molar-refractivity contribution in [1.82, 2.24) is 14.9 Å². The highest BCUT2D eigenvalue weighted by molar-refractivity contribution is 7.99. The quantitative estimate of drug-likeness (QED) is 0.334. The summed E-state index contributed by atoms with van der Waals surface area (Å²) in [5.41, 5.74) is 1.26. The molecule has 8 nitrogen and oxygen atoms in total. The second-order valence-electron chi connectivity index (χ2n) is 7.85. The average Bonchev–Trinajstić information content (AvgIpc) is 2.77. The van der Waals surface area contributed by atoms with Crippen molar-refractivity contribution in [2.75, 3.05) is 5.75 Å². The van der Waals surface area contributed by atoms with Gasteiger partial charge in [-0.1, -0.05) is 49.4 Å². The third-order valence-electron chi connectivity index (χ3n) is 5.16. The number of amides is 1. The van der Waals surface area contributed by atoms with Gasteiger partial charge in [-0.25, -0.2) is 18.5 Å². The molecule has 3 N–H and O–H groups in total. The monoisotopic (exact) mass is 488 g/mol. The van der Waals surface area contributed by atoms with Gasteiger partial charge in [0, 0.05) is 12.6 Å². The molecule has 1 unspecified atom stereocenters. The van der Waals surface area contributed by atoms with Crippen LogP contribution in [0.5, 0.6) is 0 Å². The van der Waals surface area contributed by atoms with E-state index < -0.39 is 10.0 Å². The molecule has 0 spiro atoms. The summed E-state index contributed by atoms with van der Waals surface area (Å²) in [6.45, 7) is 4.37. The van der Waals surface area contributed by atoms with Gasteiger partial charge >= 0.3 is 0 Å². The molecule has 10 heteroatoms. The lowest BCUT2D eigenvalue weighted by atomic mass is 10.1. The second kappa shape index (κ2) is 11.0. The summed E-state index contributed by atoms with van der Waals surface area (Å²) in [6.07, 6.45) is 2.37. The maximum absolute atomic E-state index is 13.2. The summed E-state index contributed by atoms with van der Waals surface area (Å²) >= 11 is 1.23. The topological polar surface area (TPSA) is 124 Å². The number of primary sulfonamides is 1. The van der Waals surface area contributed by atoms with Gasteiger partial charge < -0.3 is 5.32 Å². The Kier molecular flexibility index (Phi) is 8.28. The lowest BCUT2D eigenvalue weighted by Gasteiger charge is -2.15. The van der Waals surface area contributed by atoms with Crippen LogP contribution < -0.4 is 16.0 Å². The van der Waals surface area contributed by atoms with E-state index in [1.165, 1.54) is 23.9 Å². The van der Waals surface area contributed by atoms with Crippen LogP contribution in [0.25, 0.3) is 10.9 Å². The summed E-state index contributed by atoms with van der Waals surface area (Å²) in [4.78, 5) is 30.2. The van der Waals surface area contributed by atoms with Crippen LogP contribution in [0, 0.1) is 0 Å². The molecule has 0 bridgehead atoms. The lowest BCUT2D eigenvalue weighted by Crippen LogP contribution is -2.34. The number of hydrogen-bond donors (Lipinski definition) is 2. The Balaban J connectivity index is 1.82. The summed E-state index contributed by atoms with van der Waals surface area (Å²) in [6, 6.07) is 13.5. The summed E-state index contributed by atoms with van der Waals surface area (Å²) in [5.74, 6) is 0.0514. The fourth-order valence-corrected chi connectivity index (χ4v) is 4.85. The number of nitrogens with two attached hydrogens (primary N) is 1. The van der Waals surface area contributed by atoms with Crippen molar-refractivity contribution >= 4 is 38.6 Å². The molecule has 0 aliphatic heterocycles. The van der Waals surface area contributed by atoms with E-state index in [-0.39, 0.29) is 28.2 Å². The van der Waals surface area contributed by atoms with Crippen LogP contribution in [0.4, 0.5) is 0 Å². The number of hydrogen-bond acceptors (Lipinski definition) is 6. The molecule has 0 aliphatic carbocycles. The van der Waals surface area contributed by atoms with Crippen molar-refractivity contribution < 1.29 is 13.2 Å². The predicted molar refractivity (Wildman–Crippen MR) is 131 cm³/mol. The van der Waals surface area contributed by atoms with Crippen molar-refractivity contribution in [3.8, 4) is 0 Å². The van der Waals surface area contributed by atoms with Gasteiger partial charge in [0.25, 0.3) is 5.56 Å². The minimum Gasteiger partial charge on any atom is -0.353 e. The van der Waals surface area contributed by atoms with Gasteiger partial charge in [-0.3, -0.25) is 14.2 Å².